The molecule has 1 aromatic rings. The first-order chi connectivity index (χ1) is 7.70. The predicted molar refractivity (Wildman–Crippen MR) is 63.0 cm³/mol. The fourth-order valence-electron chi connectivity index (χ4n) is 1.97. The average Bonchev–Trinajstić information content (AvgIpc) is 2.80. The van der Waals surface area contributed by atoms with Crippen molar-refractivity contribution in [3.8, 4) is 5.88 Å². The zero-order chi connectivity index (χ0) is 11.5. The highest BCUT2D eigenvalue weighted by atomic mass is 16.5. The normalized spacial score (nSPS) is 19.8. The molecule has 5 nitrogen and oxygen atoms in total. The molecule has 1 unspecified atom stereocenters. The van der Waals surface area contributed by atoms with Crippen LogP contribution in [0, 0.1) is 6.92 Å². The summed E-state index contributed by atoms with van der Waals surface area (Å²) in [5.41, 5.74) is 0. The summed E-state index contributed by atoms with van der Waals surface area (Å²) in [5.74, 6) is 2.30. The number of hydrogen-bond acceptors (Lipinski definition) is 5. The van der Waals surface area contributed by atoms with Gasteiger partial charge in [0.25, 0.3) is 0 Å². The molecule has 1 aliphatic heterocycles. The van der Waals surface area contributed by atoms with Gasteiger partial charge in [0.05, 0.1) is 7.11 Å². The number of ether oxygens (including phenoxy) is 1. The molecule has 0 saturated carbocycles. The fourth-order valence-corrected chi connectivity index (χ4v) is 1.97. The topological polar surface area (TPSA) is 50.3 Å². The molecule has 0 radical (unpaired) electrons. The molecular weight excluding hydrogens is 204 g/mol. The van der Waals surface area contributed by atoms with E-state index in [0.717, 1.165) is 31.2 Å². The summed E-state index contributed by atoms with van der Waals surface area (Å²) in [6.45, 7) is 3.98. The zero-order valence-corrected chi connectivity index (χ0v) is 10.0. The summed E-state index contributed by atoms with van der Waals surface area (Å²) in [6, 6.07) is 2.39. The van der Waals surface area contributed by atoms with Crippen LogP contribution in [0.15, 0.2) is 6.07 Å². The second-order valence-electron chi connectivity index (χ2n) is 4.07. The van der Waals surface area contributed by atoms with E-state index in [1.165, 1.54) is 0 Å². The van der Waals surface area contributed by atoms with E-state index in [2.05, 4.69) is 27.2 Å². The number of hydrogen-bond donors (Lipinski definition) is 1. The van der Waals surface area contributed by atoms with Crippen LogP contribution in [0.3, 0.4) is 0 Å². The van der Waals surface area contributed by atoms with Crippen molar-refractivity contribution in [3.63, 3.8) is 0 Å². The van der Waals surface area contributed by atoms with E-state index in [9.17, 15) is 0 Å². The van der Waals surface area contributed by atoms with Gasteiger partial charge in [0.15, 0.2) is 0 Å². The standard InChI is InChI=1S/C11H18N4O/c1-8-13-10(6-11(14-8)16-3)15(2)9-4-5-12-7-9/h6,9,12H,4-5,7H2,1-3H3. The third-order valence-electron chi connectivity index (χ3n) is 2.95. The lowest BCUT2D eigenvalue weighted by Gasteiger charge is -2.25. The van der Waals surface area contributed by atoms with Crippen molar-refractivity contribution in [1.29, 1.82) is 0 Å². The molecule has 88 valence electrons. The highest BCUT2D eigenvalue weighted by Gasteiger charge is 2.20. The van der Waals surface area contributed by atoms with Gasteiger partial charge in [-0.1, -0.05) is 0 Å². The van der Waals surface area contributed by atoms with Crippen LogP contribution in [0.2, 0.25) is 0 Å². The van der Waals surface area contributed by atoms with E-state index in [1.54, 1.807) is 7.11 Å². The number of methoxy groups -OCH3 is 1. The Labute approximate surface area is 95.8 Å². The predicted octanol–water partition coefficient (Wildman–Crippen LogP) is 0.592. The molecule has 2 heterocycles. The number of nitrogens with one attached hydrogen (secondary N) is 1. The van der Waals surface area contributed by atoms with Crippen LogP contribution in [-0.2, 0) is 0 Å². The molecule has 1 atom stereocenters. The first-order valence-electron chi connectivity index (χ1n) is 5.54. The first-order valence-corrected chi connectivity index (χ1v) is 5.54. The highest BCUT2D eigenvalue weighted by molar-refractivity contribution is 5.42. The van der Waals surface area contributed by atoms with E-state index in [4.69, 9.17) is 4.74 Å². The molecule has 5 heteroatoms. The van der Waals surface area contributed by atoms with Crippen molar-refractivity contribution >= 4 is 5.82 Å². The van der Waals surface area contributed by atoms with E-state index < -0.39 is 0 Å². The minimum Gasteiger partial charge on any atom is -0.481 e. The van der Waals surface area contributed by atoms with Crippen LogP contribution in [0.1, 0.15) is 12.2 Å². The molecule has 0 bridgehead atoms. The van der Waals surface area contributed by atoms with E-state index in [-0.39, 0.29) is 0 Å². The van der Waals surface area contributed by atoms with Gasteiger partial charge in [-0.3, -0.25) is 0 Å². The van der Waals surface area contributed by atoms with E-state index in [1.807, 2.05) is 13.0 Å². The van der Waals surface area contributed by atoms with E-state index >= 15 is 0 Å². The summed E-state index contributed by atoms with van der Waals surface area (Å²) < 4.78 is 5.16. The molecule has 1 aromatic heterocycles. The fraction of sp³-hybridized carbons (Fsp3) is 0.636. The largest absolute Gasteiger partial charge is 0.481 e. The van der Waals surface area contributed by atoms with Crippen molar-refractivity contribution in [2.75, 3.05) is 32.1 Å². The highest BCUT2D eigenvalue weighted by Crippen LogP contribution is 2.19. The van der Waals surface area contributed by atoms with Crippen LogP contribution >= 0.6 is 0 Å². The number of aryl methyl sites for hydroxylation is 1. The SMILES string of the molecule is COc1cc(N(C)C2CCNC2)nc(C)n1. The summed E-state index contributed by atoms with van der Waals surface area (Å²) in [6.07, 6.45) is 1.15. The molecule has 16 heavy (non-hydrogen) atoms. The van der Waals surface area contributed by atoms with Gasteiger partial charge in [-0.05, 0) is 19.9 Å². The zero-order valence-electron chi connectivity index (χ0n) is 10.0. The molecule has 1 saturated heterocycles. The van der Waals surface area contributed by atoms with Crippen LogP contribution < -0.4 is 15.0 Å². The van der Waals surface area contributed by atoms with Crippen LogP contribution in [0.5, 0.6) is 5.88 Å². The van der Waals surface area contributed by atoms with Crippen molar-refractivity contribution in [2.45, 2.75) is 19.4 Å². The maximum atomic E-state index is 5.16. The summed E-state index contributed by atoms with van der Waals surface area (Å²) in [7, 11) is 3.70. The van der Waals surface area contributed by atoms with Gasteiger partial charge < -0.3 is 15.0 Å². The monoisotopic (exact) mass is 222 g/mol. The van der Waals surface area contributed by atoms with Gasteiger partial charge in [0.2, 0.25) is 5.88 Å². The maximum absolute atomic E-state index is 5.16. The third kappa shape index (κ3) is 2.24. The number of likely N-dealkylation sites (N-methyl/N-ethyl adjacent to an activating group) is 1. The number of rotatable bonds is 3. The minimum atomic E-state index is 0.513. The maximum Gasteiger partial charge on any atom is 0.218 e. The molecule has 0 spiro atoms. The number of nitrogens with zero attached hydrogens (tertiary/aromatic N) is 3. The van der Waals surface area contributed by atoms with Crippen molar-refractivity contribution in [1.82, 2.24) is 15.3 Å². The molecule has 1 aliphatic rings. The Morgan fingerprint density at radius 3 is 2.94 bits per heavy atom. The third-order valence-corrected chi connectivity index (χ3v) is 2.95. The van der Waals surface area contributed by atoms with Gasteiger partial charge in [0, 0.05) is 25.7 Å². The van der Waals surface area contributed by atoms with Gasteiger partial charge in [-0.15, -0.1) is 0 Å². The summed E-state index contributed by atoms with van der Waals surface area (Å²) in [4.78, 5) is 10.8. The molecule has 0 aromatic carbocycles. The molecule has 1 fully saturated rings. The number of anilines is 1. The Morgan fingerprint density at radius 1 is 1.50 bits per heavy atom. The average molecular weight is 222 g/mol. The molecule has 1 N–H and O–H groups in total. The lowest BCUT2D eigenvalue weighted by atomic mass is 10.2. The molecular formula is C11H18N4O. The quantitative estimate of drug-likeness (QED) is 0.811. The second-order valence-corrected chi connectivity index (χ2v) is 4.07. The number of aromatic nitrogens is 2. The molecule has 2 rings (SSSR count). The van der Waals surface area contributed by atoms with Gasteiger partial charge in [-0.25, -0.2) is 4.98 Å². The van der Waals surface area contributed by atoms with Crippen molar-refractivity contribution < 1.29 is 4.74 Å². The van der Waals surface area contributed by atoms with Gasteiger partial charge in [-0.2, -0.15) is 4.98 Å². The van der Waals surface area contributed by atoms with Crippen LogP contribution in [0.25, 0.3) is 0 Å². The molecule has 0 aliphatic carbocycles. The Morgan fingerprint density at radius 2 is 2.31 bits per heavy atom. The van der Waals surface area contributed by atoms with Gasteiger partial charge in [0.1, 0.15) is 11.6 Å². The van der Waals surface area contributed by atoms with Crippen molar-refractivity contribution in [2.24, 2.45) is 0 Å². The van der Waals surface area contributed by atoms with E-state index in [0.29, 0.717) is 11.9 Å². The minimum absolute atomic E-state index is 0.513. The Hall–Kier alpha value is -1.36. The summed E-state index contributed by atoms with van der Waals surface area (Å²) >= 11 is 0. The molecule has 0 amide bonds. The van der Waals surface area contributed by atoms with Crippen LogP contribution in [0.4, 0.5) is 5.82 Å². The lowest BCUT2D eigenvalue weighted by molar-refractivity contribution is 0.395. The Kier molecular flexibility index (Phi) is 3.24. The Balaban J connectivity index is 2.21. The van der Waals surface area contributed by atoms with Gasteiger partial charge >= 0.3 is 0 Å². The smallest absolute Gasteiger partial charge is 0.218 e. The second kappa shape index (κ2) is 4.65. The lowest BCUT2D eigenvalue weighted by Crippen LogP contribution is -2.34. The first kappa shape index (κ1) is 11.1. The van der Waals surface area contributed by atoms with Crippen molar-refractivity contribution in [3.05, 3.63) is 11.9 Å². The Bertz CT molecular complexity index is 363. The van der Waals surface area contributed by atoms with Crippen LogP contribution in [-0.4, -0.2) is 43.3 Å². The summed E-state index contributed by atoms with van der Waals surface area (Å²) in [5, 5.41) is 3.35.